The third-order valence-corrected chi connectivity index (χ3v) is 3.25. The average molecular weight is 357 g/mol. The Morgan fingerprint density at radius 3 is 2.48 bits per heavy atom. The van der Waals surface area contributed by atoms with Gasteiger partial charge in [-0.25, -0.2) is 9.97 Å². The SMILES string of the molecule is Cc1nc(-c2ccc(Br)cc2C(F)(F)F)nc(N)c1C#N. The zero-order valence-corrected chi connectivity index (χ0v) is 12.2. The van der Waals surface area contributed by atoms with Gasteiger partial charge in [0.25, 0.3) is 0 Å². The molecule has 0 saturated heterocycles. The number of hydrogen-bond acceptors (Lipinski definition) is 4. The number of nitrogens with zero attached hydrogens (tertiary/aromatic N) is 3. The van der Waals surface area contributed by atoms with Crippen molar-refractivity contribution in [1.82, 2.24) is 9.97 Å². The van der Waals surface area contributed by atoms with Crippen LogP contribution in [0.25, 0.3) is 11.4 Å². The summed E-state index contributed by atoms with van der Waals surface area (Å²) in [7, 11) is 0. The molecule has 0 atom stereocenters. The van der Waals surface area contributed by atoms with Gasteiger partial charge in [0.1, 0.15) is 17.5 Å². The van der Waals surface area contributed by atoms with Gasteiger partial charge < -0.3 is 5.73 Å². The van der Waals surface area contributed by atoms with Crippen LogP contribution in [0.3, 0.4) is 0 Å². The van der Waals surface area contributed by atoms with Gasteiger partial charge in [-0.15, -0.1) is 0 Å². The van der Waals surface area contributed by atoms with Crippen LogP contribution in [0.15, 0.2) is 22.7 Å². The van der Waals surface area contributed by atoms with Crippen molar-refractivity contribution < 1.29 is 13.2 Å². The lowest BCUT2D eigenvalue weighted by molar-refractivity contribution is -0.137. The number of nitriles is 1. The van der Waals surface area contributed by atoms with Crippen LogP contribution < -0.4 is 5.73 Å². The number of nitrogens with two attached hydrogens (primary N) is 1. The van der Waals surface area contributed by atoms with Gasteiger partial charge in [-0.2, -0.15) is 18.4 Å². The number of hydrogen-bond donors (Lipinski definition) is 1. The molecule has 0 radical (unpaired) electrons. The quantitative estimate of drug-likeness (QED) is 0.845. The van der Waals surface area contributed by atoms with E-state index in [4.69, 9.17) is 11.0 Å². The van der Waals surface area contributed by atoms with Crippen LogP contribution >= 0.6 is 15.9 Å². The largest absolute Gasteiger partial charge is 0.417 e. The van der Waals surface area contributed by atoms with Gasteiger partial charge in [0.05, 0.1) is 11.3 Å². The lowest BCUT2D eigenvalue weighted by Crippen LogP contribution is -2.10. The van der Waals surface area contributed by atoms with Gasteiger partial charge in [-0.1, -0.05) is 15.9 Å². The summed E-state index contributed by atoms with van der Waals surface area (Å²) in [4.78, 5) is 7.76. The minimum atomic E-state index is -4.56. The molecule has 108 valence electrons. The fraction of sp³-hybridized carbons (Fsp3) is 0.154. The zero-order chi connectivity index (χ0) is 15.8. The van der Waals surface area contributed by atoms with Crippen LogP contribution in [0, 0.1) is 18.3 Å². The lowest BCUT2D eigenvalue weighted by atomic mass is 10.1. The summed E-state index contributed by atoms with van der Waals surface area (Å²) in [5.41, 5.74) is 4.82. The van der Waals surface area contributed by atoms with Crippen molar-refractivity contribution in [3.63, 3.8) is 0 Å². The predicted molar refractivity (Wildman–Crippen MR) is 74.0 cm³/mol. The van der Waals surface area contributed by atoms with E-state index in [2.05, 4.69) is 25.9 Å². The summed E-state index contributed by atoms with van der Waals surface area (Å²) in [6, 6.07) is 5.48. The van der Waals surface area contributed by atoms with Gasteiger partial charge in [0.15, 0.2) is 5.82 Å². The monoisotopic (exact) mass is 356 g/mol. The molecular formula is C13H8BrF3N4. The van der Waals surface area contributed by atoms with Gasteiger partial charge in [0, 0.05) is 10.0 Å². The molecule has 0 bridgehead atoms. The summed E-state index contributed by atoms with van der Waals surface area (Å²) < 4.78 is 39.6. The van der Waals surface area contributed by atoms with Crippen LogP contribution in [-0.4, -0.2) is 9.97 Å². The van der Waals surface area contributed by atoms with E-state index in [9.17, 15) is 13.2 Å². The Hall–Kier alpha value is -2.14. The highest BCUT2D eigenvalue weighted by Crippen LogP contribution is 2.38. The molecule has 1 aromatic carbocycles. The number of alkyl halides is 3. The molecule has 2 rings (SSSR count). The second-order valence-electron chi connectivity index (χ2n) is 4.19. The second-order valence-corrected chi connectivity index (χ2v) is 5.11. The van der Waals surface area contributed by atoms with Crippen molar-refractivity contribution in [3.05, 3.63) is 39.5 Å². The Morgan fingerprint density at radius 2 is 1.95 bits per heavy atom. The summed E-state index contributed by atoms with van der Waals surface area (Å²) in [5, 5.41) is 8.88. The first-order chi connectivity index (χ1) is 9.74. The molecule has 0 saturated carbocycles. The Bertz CT molecular complexity index is 727. The number of aryl methyl sites for hydroxylation is 1. The standard InChI is InChI=1S/C13H8BrF3N4/c1-6-9(5-18)11(19)21-12(20-6)8-3-2-7(14)4-10(8)13(15,16)17/h2-4H,1H3,(H2,19,20,21). The normalized spacial score (nSPS) is 11.2. The van der Waals surface area contributed by atoms with E-state index in [1.807, 2.05) is 6.07 Å². The zero-order valence-electron chi connectivity index (χ0n) is 10.7. The van der Waals surface area contributed by atoms with E-state index in [0.29, 0.717) is 0 Å². The highest BCUT2D eigenvalue weighted by atomic mass is 79.9. The third kappa shape index (κ3) is 2.97. The molecule has 0 aliphatic rings. The molecule has 0 fully saturated rings. The molecule has 1 heterocycles. The Labute approximate surface area is 126 Å². The van der Waals surface area contributed by atoms with Crippen molar-refractivity contribution >= 4 is 21.7 Å². The molecule has 2 aromatic rings. The number of anilines is 1. The Kier molecular flexibility index (Phi) is 3.87. The van der Waals surface area contributed by atoms with Gasteiger partial charge >= 0.3 is 6.18 Å². The van der Waals surface area contributed by atoms with Crippen LogP contribution in [-0.2, 0) is 6.18 Å². The summed E-state index contributed by atoms with van der Waals surface area (Å²) in [6.45, 7) is 1.49. The van der Waals surface area contributed by atoms with Crippen molar-refractivity contribution in [2.24, 2.45) is 0 Å². The number of rotatable bonds is 1. The average Bonchev–Trinajstić information content (AvgIpc) is 2.37. The minimum absolute atomic E-state index is 0.0596. The highest BCUT2D eigenvalue weighted by Gasteiger charge is 2.34. The molecule has 2 N–H and O–H groups in total. The van der Waals surface area contributed by atoms with Gasteiger partial charge in [0.2, 0.25) is 0 Å². The van der Waals surface area contributed by atoms with E-state index < -0.39 is 11.7 Å². The van der Waals surface area contributed by atoms with Crippen molar-refractivity contribution in [2.45, 2.75) is 13.1 Å². The van der Waals surface area contributed by atoms with E-state index in [1.165, 1.54) is 19.1 Å². The molecule has 0 aliphatic carbocycles. The number of benzene rings is 1. The number of halogens is 4. The topological polar surface area (TPSA) is 75.6 Å². The van der Waals surface area contributed by atoms with Gasteiger partial charge in [-0.05, 0) is 25.1 Å². The first-order valence-electron chi connectivity index (χ1n) is 5.65. The van der Waals surface area contributed by atoms with E-state index >= 15 is 0 Å². The van der Waals surface area contributed by atoms with Crippen molar-refractivity contribution in [3.8, 4) is 17.5 Å². The number of aromatic nitrogens is 2. The van der Waals surface area contributed by atoms with E-state index in [1.54, 1.807) is 0 Å². The lowest BCUT2D eigenvalue weighted by Gasteiger charge is -2.13. The molecule has 8 heteroatoms. The molecule has 0 aliphatic heterocycles. The van der Waals surface area contributed by atoms with Crippen molar-refractivity contribution in [2.75, 3.05) is 5.73 Å². The van der Waals surface area contributed by atoms with E-state index in [0.717, 1.165) is 6.07 Å². The predicted octanol–water partition coefficient (Wildman–Crippen LogP) is 3.69. The smallest absolute Gasteiger partial charge is 0.382 e. The fourth-order valence-corrected chi connectivity index (χ4v) is 2.16. The fourth-order valence-electron chi connectivity index (χ4n) is 1.80. The Morgan fingerprint density at radius 1 is 1.29 bits per heavy atom. The molecule has 0 unspecified atom stereocenters. The molecule has 1 aromatic heterocycles. The van der Waals surface area contributed by atoms with E-state index in [-0.39, 0.29) is 32.9 Å². The highest BCUT2D eigenvalue weighted by molar-refractivity contribution is 9.10. The maximum Gasteiger partial charge on any atom is 0.417 e. The van der Waals surface area contributed by atoms with Crippen LogP contribution in [0.4, 0.5) is 19.0 Å². The molecule has 4 nitrogen and oxygen atoms in total. The third-order valence-electron chi connectivity index (χ3n) is 2.76. The minimum Gasteiger partial charge on any atom is -0.382 e. The van der Waals surface area contributed by atoms with Crippen LogP contribution in [0.1, 0.15) is 16.8 Å². The first kappa shape index (κ1) is 15.3. The summed E-state index contributed by atoms with van der Waals surface area (Å²) in [5.74, 6) is -0.306. The van der Waals surface area contributed by atoms with Gasteiger partial charge in [-0.3, -0.25) is 0 Å². The maximum absolute atomic E-state index is 13.1. The summed E-state index contributed by atoms with van der Waals surface area (Å²) >= 11 is 3.00. The molecule has 0 spiro atoms. The van der Waals surface area contributed by atoms with Crippen LogP contribution in [0.5, 0.6) is 0 Å². The van der Waals surface area contributed by atoms with Crippen LogP contribution in [0.2, 0.25) is 0 Å². The van der Waals surface area contributed by atoms with Crippen molar-refractivity contribution in [1.29, 1.82) is 5.26 Å². The molecule has 0 amide bonds. The molecule has 21 heavy (non-hydrogen) atoms. The summed E-state index contributed by atoms with van der Waals surface area (Å²) in [6.07, 6.45) is -4.56. The Balaban J connectivity index is 2.72. The second kappa shape index (κ2) is 5.33. The maximum atomic E-state index is 13.1. The number of nitrogen functional groups attached to an aromatic ring is 1. The molecular weight excluding hydrogens is 349 g/mol. The first-order valence-corrected chi connectivity index (χ1v) is 6.44.